The first-order valence-corrected chi connectivity index (χ1v) is 10.7. The Morgan fingerprint density at radius 3 is 2.84 bits per heavy atom. The van der Waals surface area contributed by atoms with E-state index in [0.717, 1.165) is 49.8 Å². The Morgan fingerprint density at radius 2 is 2.10 bits per heavy atom. The van der Waals surface area contributed by atoms with Gasteiger partial charge in [-0.3, -0.25) is 14.7 Å². The Morgan fingerprint density at radius 1 is 1.26 bits per heavy atom. The number of hydrogen-bond donors (Lipinski definition) is 1. The van der Waals surface area contributed by atoms with Gasteiger partial charge in [-0.05, 0) is 48.6 Å². The SMILES string of the molecule is CCc1cc(=O)oc2cc(OCC(=O)NC3CCN(Cc4cccnc4)CC3)ccc12. The van der Waals surface area contributed by atoms with Gasteiger partial charge in [0.2, 0.25) is 0 Å². The standard InChI is InChI=1S/C24H27N3O4/c1-2-18-12-24(29)31-22-13-20(5-6-21(18)22)30-16-23(28)26-19-7-10-27(11-8-19)15-17-4-3-9-25-14-17/h3-6,9,12-14,19H,2,7-8,10-11,15-16H2,1H3,(H,26,28). The van der Waals surface area contributed by atoms with Crippen molar-refractivity contribution in [2.45, 2.75) is 38.8 Å². The fourth-order valence-electron chi connectivity index (χ4n) is 4.00. The Bertz CT molecular complexity index is 1090. The molecule has 1 N–H and O–H groups in total. The van der Waals surface area contributed by atoms with Crippen molar-refractivity contribution in [2.24, 2.45) is 0 Å². The van der Waals surface area contributed by atoms with E-state index in [0.29, 0.717) is 11.3 Å². The lowest BCUT2D eigenvalue weighted by Crippen LogP contribution is -2.45. The van der Waals surface area contributed by atoms with Gasteiger partial charge in [-0.25, -0.2) is 4.79 Å². The predicted molar refractivity (Wildman–Crippen MR) is 118 cm³/mol. The summed E-state index contributed by atoms with van der Waals surface area (Å²) in [7, 11) is 0. The molecule has 1 aliphatic rings. The molecule has 7 heteroatoms. The van der Waals surface area contributed by atoms with Crippen molar-refractivity contribution in [1.29, 1.82) is 0 Å². The number of hydrogen-bond acceptors (Lipinski definition) is 6. The van der Waals surface area contributed by atoms with Crippen LogP contribution in [0.3, 0.4) is 0 Å². The maximum atomic E-state index is 12.3. The normalized spacial score (nSPS) is 15.1. The van der Waals surface area contributed by atoms with Gasteiger partial charge in [0.25, 0.3) is 5.91 Å². The molecule has 0 bridgehead atoms. The number of aryl methyl sites for hydroxylation is 1. The number of carbonyl (C=O) groups excluding carboxylic acids is 1. The third-order valence-corrected chi connectivity index (χ3v) is 5.63. The second-order valence-electron chi connectivity index (χ2n) is 7.87. The predicted octanol–water partition coefficient (Wildman–Crippen LogP) is 2.91. The number of fused-ring (bicyclic) bond motifs is 1. The molecule has 7 nitrogen and oxygen atoms in total. The monoisotopic (exact) mass is 421 g/mol. The highest BCUT2D eigenvalue weighted by atomic mass is 16.5. The molecule has 2 aromatic heterocycles. The zero-order chi connectivity index (χ0) is 21.6. The quantitative estimate of drug-likeness (QED) is 0.591. The Balaban J connectivity index is 1.26. The molecule has 162 valence electrons. The number of likely N-dealkylation sites (tertiary alicyclic amines) is 1. The largest absolute Gasteiger partial charge is 0.484 e. The number of nitrogens with zero attached hydrogens (tertiary/aromatic N) is 2. The number of piperidine rings is 1. The topological polar surface area (TPSA) is 84.7 Å². The number of carbonyl (C=O) groups is 1. The second kappa shape index (κ2) is 9.75. The van der Waals surface area contributed by atoms with Crippen LogP contribution >= 0.6 is 0 Å². The van der Waals surface area contributed by atoms with Gasteiger partial charge in [-0.1, -0.05) is 13.0 Å². The maximum Gasteiger partial charge on any atom is 0.336 e. The molecule has 0 aliphatic carbocycles. The van der Waals surface area contributed by atoms with E-state index in [4.69, 9.17) is 9.15 Å². The first kappa shape index (κ1) is 21.1. The molecule has 1 saturated heterocycles. The molecule has 31 heavy (non-hydrogen) atoms. The van der Waals surface area contributed by atoms with E-state index in [9.17, 15) is 9.59 Å². The molecule has 1 aliphatic heterocycles. The van der Waals surface area contributed by atoms with Crippen LogP contribution < -0.4 is 15.7 Å². The third kappa shape index (κ3) is 5.49. The van der Waals surface area contributed by atoms with Gasteiger partial charge in [0.15, 0.2) is 6.61 Å². The zero-order valence-electron chi connectivity index (χ0n) is 17.7. The van der Waals surface area contributed by atoms with Crippen molar-refractivity contribution in [2.75, 3.05) is 19.7 Å². The second-order valence-corrected chi connectivity index (χ2v) is 7.87. The van der Waals surface area contributed by atoms with Gasteiger partial charge in [0.1, 0.15) is 11.3 Å². The summed E-state index contributed by atoms with van der Waals surface area (Å²) < 4.78 is 10.9. The molecule has 0 atom stereocenters. The number of ether oxygens (including phenoxy) is 1. The Hall–Kier alpha value is -3.19. The fourth-order valence-corrected chi connectivity index (χ4v) is 4.00. The lowest BCUT2D eigenvalue weighted by molar-refractivity contribution is -0.124. The number of amides is 1. The van der Waals surface area contributed by atoms with Crippen LogP contribution in [0.25, 0.3) is 11.0 Å². The van der Waals surface area contributed by atoms with E-state index < -0.39 is 0 Å². The van der Waals surface area contributed by atoms with E-state index in [1.54, 1.807) is 18.3 Å². The highest BCUT2D eigenvalue weighted by molar-refractivity contribution is 5.82. The van der Waals surface area contributed by atoms with Gasteiger partial charge in [0.05, 0.1) is 0 Å². The first-order valence-electron chi connectivity index (χ1n) is 10.7. The van der Waals surface area contributed by atoms with E-state index in [-0.39, 0.29) is 24.2 Å². The minimum Gasteiger partial charge on any atom is -0.484 e. The zero-order valence-corrected chi connectivity index (χ0v) is 17.7. The molecule has 3 aromatic rings. The lowest BCUT2D eigenvalue weighted by Gasteiger charge is -2.32. The van der Waals surface area contributed by atoms with Crippen molar-refractivity contribution >= 4 is 16.9 Å². The van der Waals surface area contributed by atoms with Crippen LogP contribution in [0.2, 0.25) is 0 Å². The van der Waals surface area contributed by atoms with Gasteiger partial charge >= 0.3 is 5.63 Å². The summed E-state index contributed by atoms with van der Waals surface area (Å²) in [6, 6.07) is 11.0. The highest BCUT2D eigenvalue weighted by Gasteiger charge is 2.21. The summed E-state index contributed by atoms with van der Waals surface area (Å²) in [6.45, 7) is 4.68. The summed E-state index contributed by atoms with van der Waals surface area (Å²) in [5.41, 5.74) is 2.23. The Kier molecular flexibility index (Phi) is 6.62. The van der Waals surface area contributed by atoms with Crippen LogP contribution in [0.1, 0.15) is 30.9 Å². The number of nitrogens with one attached hydrogen (secondary N) is 1. The summed E-state index contributed by atoms with van der Waals surface area (Å²) in [5.74, 6) is 0.361. The number of aromatic nitrogens is 1. The van der Waals surface area contributed by atoms with E-state index in [1.807, 2.05) is 25.3 Å². The molecular formula is C24H27N3O4. The van der Waals surface area contributed by atoms with Crippen molar-refractivity contribution in [3.63, 3.8) is 0 Å². The van der Waals surface area contributed by atoms with Crippen LogP contribution in [0.5, 0.6) is 5.75 Å². The molecular weight excluding hydrogens is 394 g/mol. The van der Waals surface area contributed by atoms with Crippen molar-refractivity contribution in [3.8, 4) is 5.75 Å². The van der Waals surface area contributed by atoms with Crippen LogP contribution in [0, 0.1) is 0 Å². The molecule has 0 saturated carbocycles. The molecule has 1 amide bonds. The van der Waals surface area contributed by atoms with E-state index >= 15 is 0 Å². The fraction of sp³-hybridized carbons (Fsp3) is 0.375. The minimum atomic E-state index is -0.380. The van der Waals surface area contributed by atoms with Crippen LogP contribution in [0.4, 0.5) is 0 Å². The van der Waals surface area contributed by atoms with Gasteiger partial charge < -0.3 is 14.5 Å². The molecule has 0 radical (unpaired) electrons. The van der Waals surface area contributed by atoms with Crippen LogP contribution in [0.15, 0.2) is 58.0 Å². The van der Waals surface area contributed by atoms with E-state index in [1.165, 1.54) is 11.6 Å². The van der Waals surface area contributed by atoms with Crippen LogP contribution in [-0.2, 0) is 17.8 Å². The average molecular weight is 421 g/mol. The maximum absolute atomic E-state index is 12.3. The number of pyridine rings is 1. The highest BCUT2D eigenvalue weighted by Crippen LogP contribution is 2.23. The molecule has 1 fully saturated rings. The first-order chi connectivity index (χ1) is 15.1. The van der Waals surface area contributed by atoms with Gasteiger partial charge in [-0.15, -0.1) is 0 Å². The minimum absolute atomic E-state index is 0.0703. The average Bonchev–Trinajstić information content (AvgIpc) is 2.79. The molecule has 4 rings (SSSR count). The van der Waals surface area contributed by atoms with Crippen LogP contribution in [-0.4, -0.2) is 41.5 Å². The molecule has 3 heterocycles. The van der Waals surface area contributed by atoms with Crippen molar-refractivity contribution < 1.29 is 13.9 Å². The van der Waals surface area contributed by atoms with E-state index in [2.05, 4.69) is 21.3 Å². The third-order valence-electron chi connectivity index (χ3n) is 5.63. The smallest absolute Gasteiger partial charge is 0.336 e. The van der Waals surface area contributed by atoms with Gasteiger partial charge in [0, 0.05) is 55.6 Å². The summed E-state index contributed by atoms with van der Waals surface area (Å²) >= 11 is 0. The number of benzene rings is 1. The van der Waals surface area contributed by atoms with Crippen molar-refractivity contribution in [1.82, 2.24) is 15.2 Å². The lowest BCUT2D eigenvalue weighted by atomic mass is 10.0. The van der Waals surface area contributed by atoms with Gasteiger partial charge in [-0.2, -0.15) is 0 Å². The molecule has 0 unspecified atom stereocenters. The Labute approximate surface area is 181 Å². The summed E-state index contributed by atoms with van der Waals surface area (Å²) in [4.78, 5) is 30.6. The molecule has 0 spiro atoms. The summed E-state index contributed by atoms with van der Waals surface area (Å²) in [5, 5.41) is 3.95. The molecule has 1 aromatic carbocycles. The summed E-state index contributed by atoms with van der Waals surface area (Å²) in [6.07, 6.45) is 6.24. The number of rotatable bonds is 7. The van der Waals surface area contributed by atoms with Crippen molar-refractivity contribution in [3.05, 3.63) is 70.3 Å².